The highest BCUT2D eigenvalue weighted by molar-refractivity contribution is 7.81. The van der Waals surface area contributed by atoms with E-state index in [1.807, 2.05) is 6.07 Å². The van der Waals surface area contributed by atoms with E-state index >= 15 is 0 Å². The number of benzene rings is 1. The third kappa shape index (κ3) is 1.84. The molecule has 1 aromatic carbocycles. The van der Waals surface area contributed by atoms with Crippen molar-refractivity contribution in [3.63, 3.8) is 0 Å². The van der Waals surface area contributed by atoms with Crippen LogP contribution in [-0.4, -0.2) is 0 Å². The Morgan fingerprint density at radius 1 is 1.17 bits per heavy atom. The summed E-state index contributed by atoms with van der Waals surface area (Å²) in [5, 5.41) is 0. The zero-order valence-corrected chi connectivity index (χ0v) is 8.81. The van der Waals surface area contributed by atoms with Crippen LogP contribution in [0.4, 0.5) is 0 Å². The van der Waals surface area contributed by atoms with Gasteiger partial charge in [0.1, 0.15) is 0 Å². The van der Waals surface area contributed by atoms with Crippen LogP contribution in [0.25, 0.3) is 0 Å². The van der Waals surface area contributed by atoms with E-state index in [2.05, 4.69) is 57.7 Å². The van der Waals surface area contributed by atoms with Gasteiger partial charge in [-0.15, -0.1) is 0 Å². The zero-order valence-electron chi connectivity index (χ0n) is 7.91. The predicted molar refractivity (Wildman–Crippen MR) is 57.6 cm³/mol. The smallest absolute Gasteiger partial charge is 0.0373 e. The summed E-state index contributed by atoms with van der Waals surface area (Å²) in [6.45, 7) is 6.55. The minimum atomic E-state index is -0.0126. The molecule has 0 bridgehead atoms. The van der Waals surface area contributed by atoms with Crippen molar-refractivity contribution in [3.05, 3.63) is 35.9 Å². The Balaban J connectivity index is 2.98. The fourth-order valence-electron chi connectivity index (χ4n) is 1.11. The Morgan fingerprint density at radius 3 is 2.08 bits per heavy atom. The summed E-state index contributed by atoms with van der Waals surface area (Å²) < 4.78 is -0.0126. The second-order valence-corrected chi connectivity index (χ2v) is 4.60. The van der Waals surface area contributed by atoms with Gasteiger partial charge in [-0.1, -0.05) is 44.2 Å². The number of hydrogen-bond donors (Lipinski definition) is 1. The van der Waals surface area contributed by atoms with Crippen LogP contribution in [0.15, 0.2) is 30.3 Å². The summed E-state index contributed by atoms with van der Waals surface area (Å²) in [7, 11) is 0. The average Bonchev–Trinajstić information content (AvgIpc) is 2.06. The SMILES string of the molecule is CC(C)C(C)(S)c1ccccc1. The van der Waals surface area contributed by atoms with Crippen molar-refractivity contribution >= 4 is 12.6 Å². The van der Waals surface area contributed by atoms with Gasteiger partial charge >= 0.3 is 0 Å². The average molecular weight is 180 g/mol. The van der Waals surface area contributed by atoms with E-state index in [1.54, 1.807) is 0 Å². The predicted octanol–water partition coefficient (Wildman–Crippen LogP) is 3.49. The Morgan fingerprint density at radius 2 is 1.67 bits per heavy atom. The van der Waals surface area contributed by atoms with Gasteiger partial charge in [0, 0.05) is 4.75 Å². The van der Waals surface area contributed by atoms with Crippen molar-refractivity contribution in [1.29, 1.82) is 0 Å². The molecule has 1 atom stereocenters. The molecular formula is C11H16S. The summed E-state index contributed by atoms with van der Waals surface area (Å²) in [4.78, 5) is 0. The quantitative estimate of drug-likeness (QED) is 0.662. The third-order valence-corrected chi connectivity index (χ3v) is 3.26. The monoisotopic (exact) mass is 180 g/mol. The fourth-order valence-corrected chi connectivity index (χ4v) is 1.26. The number of rotatable bonds is 2. The lowest BCUT2D eigenvalue weighted by Crippen LogP contribution is -2.21. The number of hydrogen-bond acceptors (Lipinski definition) is 1. The van der Waals surface area contributed by atoms with E-state index in [0.717, 1.165) is 0 Å². The standard InChI is InChI=1S/C11H16S/c1-9(2)11(3,12)10-7-5-4-6-8-10/h4-9,12H,1-3H3. The molecular weight excluding hydrogens is 164 g/mol. The van der Waals surface area contributed by atoms with E-state index in [0.29, 0.717) is 5.92 Å². The summed E-state index contributed by atoms with van der Waals surface area (Å²) in [5.41, 5.74) is 1.29. The first-order chi connectivity index (χ1) is 5.55. The van der Waals surface area contributed by atoms with Gasteiger partial charge in [0.05, 0.1) is 0 Å². The second kappa shape index (κ2) is 3.53. The van der Waals surface area contributed by atoms with E-state index in [9.17, 15) is 0 Å². The van der Waals surface area contributed by atoms with Crippen LogP contribution in [0.5, 0.6) is 0 Å². The van der Waals surface area contributed by atoms with E-state index < -0.39 is 0 Å². The van der Waals surface area contributed by atoms with Crippen LogP contribution in [-0.2, 0) is 4.75 Å². The molecule has 0 fully saturated rings. The van der Waals surface area contributed by atoms with Crippen molar-refractivity contribution in [2.75, 3.05) is 0 Å². The van der Waals surface area contributed by atoms with Crippen molar-refractivity contribution in [2.24, 2.45) is 5.92 Å². The molecule has 0 aliphatic carbocycles. The van der Waals surface area contributed by atoms with Crippen LogP contribution in [0.3, 0.4) is 0 Å². The van der Waals surface area contributed by atoms with Crippen molar-refractivity contribution in [3.8, 4) is 0 Å². The first-order valence-corrected chi connectivity index (χ1v) is 4.77. The molecule has 0 aliphatic rings. The molecule has 0 aromatic heterocycles. The summed E-state index contributed by atoms with van der Waals surface area (Å²) in [5.74, 6) is 0.545. The van der Waals surface area contributed by atoms with Crippen molar-refractivity contribution < 1.29 is 0 Å². The highest BCUT2D eigenvalue weighted by Crippen LogP contribution is 2.35. The van der Waals surface area contributed by atoms with Gasteiger partial charge in [-0.25, -0.2) is 0 Å². The Bertz CT molecular complexity index is 236. The Kier molecular flexibility index (Phi) is 2.84. The molecule has 0 radical (unpaired) electrons. The molecule has 0 N–H and O–H groups in total. The first kappa shape index (κ1) is 9.66. The Hall–Kier alpha value is -0.430. The first-order valence-electron chi connectivity index (χ1n) is 4.33. The lowest BCUT2D eigenvalue weighted by molar-refractivity contribution is 0.490. The molecule has 0 amide bonds. The summed E-state index contributed by atoms with van der Waals surface area (Å²) in [6, 6.07) is 10.4. The molecule has 1 heteroatoms. The molecule has 0 saturated heterocycles. The van der Waals surface area contributed by atoms with Gasteiger partial charge < -0.3 is 0 Å². The van der Waals surface area contributed by atoms with Gasteiger partial charge in [-0.05, 0) is 18.4 Å². The van der Waals surface area contributed by atoms with Crippen molar-refractivity contribution in [2.45, 2.75) is 25.5 Å². The van der Waals surface area contributed by atoms with Crippen LogP contribution in [0.2, 0.25) is 0 Å². The van der Waals surface area contributed by atoms with Crippen LogP contribution >= 0.6 is 12.6 Å². The maximum absolute atomic E-state index is 4.67. The lowest BCUT2D eigenvalue weighted by Gasteiger charge is -2.28. The Labute approximate surface area is 80.4 Å². The molecule has 0 aliphatic heterocycles. The third-order valence-electron chi connectivity index (χ3n) is 2.48. The highest BCUT2D eigenvalue weighted by atomic mass is 32.1. The van der Waals surface area contributed by atoms with Gasteiger partial charge in [0.25, 0.3) is 0 Å². The van der Waals surface area contributed by atoms with E-state index in [1.165, 1.54) is 5.56 Å². The second-order valence-electron chi connectivity index (χ2n) is 3.67. The lowest BCUT2D eigenvalue weighted by atomic mass is 9.89. The molecule has 0 nitrogen and oxygen atoms in total. The minimum Gasteiger partial charge on any atom is -0.168 e. The molecule has 0 saturated carbocycles. The molecule has 1 unspecified atom stereocenters. The van der Waals surface area contributed by atoms with Crippen LogP contribution in [0.1, 0.15) is 26.3 Å². The van der Waals surface area contributed by atoms with Gasteiger partial charge in [0.2, 0.25) is 0 Å². The normalized spacial score (nSPS) is 16.1. The van der Waals surface area contributed by atoms with Gasteiger partial charge in [0.15, 0.2) is 0 Å². The molecule has 0 heterocycles. The molecule has 1 aromatic rings. The zero-order chi connectivity index (χ0) is 9.19. The topological polar surface area (TPSA) is 0 Å². The molecule has 0 spiro atoms. The summed E-state index contributed by atoms with van der Waals surface area (Å²) in [6.07, 6.45) is 0. The van der Waals surface area contributed by atoms with Gasteiger partial charge in [-0.3, -0.25) is 0 Å². The maximum Gasteiger partial charge on any atom is 0.0373 e. The number of thiol groups is 1. The molecule has 12 heavy (non-hydrogen) atoms. The largest absolute Gasteiger partial charge is 0.168 e. The van der Waals surface area contributed by atoms with Gasteiger partial charge in [-0.2, -0.15) is 12.6 Å². The highest BCUT2D eigenvalue weighted by Gasteiger charge is 2.24. The fraction of sp³-hybridized carbons (Fsp3) is 0.455. The van der Waals surface area contributed by atoms with Crippen molar-refractivity contribution in [1.82, 2.24) is 0 Å². The molecule has 1 rings (SSSR count). The van der Waals surface area contributed by atoms with E-state index in [4.69, 9.17) is 0 Å². The minimum absolute atomic E-state index is 0.0126. The van der Waals surface area contributed by atoms with Crippen LogP contribution < -0.4 is 0 Å². The van der Waals surface area contributed by atoms with E-state index in [-0.39, 0.29) is 4.75 Å². The van der Waals surface area contributed by atoms with Crippen LogP contribution in [0, 0.1) is 5.92 Å². The summed E-state index contributed by atoms with van der Waals surface area (Å²) >= 11 is 4.67. The molecule has 66 valence electrons. The maximum atomic E-state index is 4.67.